The third-order valence-electron chi connectivity index (χ3n) is 3.99. The van der Waals surface area contributed by atoms with Crippen molar-refractivity contribution in [2.45, 2.75) is 26.3 Å². The van der Waals surface area contributed by atoms with Gasteiger partial charge in [-0.05, 0) is 17.9 Å². The van der Waals surface area contributed by atoms with Crippen LogP contribution in [0.4, 0.5) is 0 Å². The number of carbonyl (C=O) groups excluding carboxylic acids is 2. The van der Waals surface area contributed by atoms with E-state index >= 15 is 0 Å². The number of thiazole rings is 1. The summed E-state index contributed by atoms with van der Waals surface area (Å²) in [5.41, 5.74) is 1.15. The lowest BCUT2D eigenvalue weighted by Crippen LogP contribution is -2.33. The average molecular weight is 406 g/mol. The largest absolute Gasteiger partial charge is 0.451 e. The van der Waals surface area contributed by atoms with Crippen LogP contribution in [0.2, 0.25) is 5.15 Å². The minimum atomic E-state index is -0.679. The van der Waals surface area contributed by atoms with E-state index in [1.54, 1.807) is 16.0 Å². The first-order valence-corrected chi connectivity index (χ1v) is 9.84. The van der Waals surface area contributed by atoms with Gasteiger partial charge in [0.05, 0.1) is 6.04 Å². The number of hydrogen-bond acceptors (Lipinski definition) is 5. The zero-order chi connectivity index (χ0) is 19.4. The first-order valence-electron chi connectivity index (χ1n) is 8.58. The predicted octanol–water partition coefficient (Wildman–Crippen LogP) is 4.11. The van der Waals surface area contributed by atoms with E-state index in [0.717, 1.165) is 12.0 Å². The summed E-state index contributed by atoms with van der Waals surface area (Å²) in [6.45, 7) is 3.81. The Kier molecular flexibility index (Phi) is 6.13. The number of aromatic nitrogens is 2. The van der Waals surface area contributed by atoms with E-state index in [4.69, 9.17) is 16.3 Å². The number of hydrogen-bond donors (Lipinski definition) is 1. The second-order valence-corrected chi connectivity index (χ2v) is 7.77. The maximum Gasteiger partial charge on any atom is 0.359 e. The number of nitrogens with one attached hydrogen (secondary N) is 1. The Balaban J connectivity index is 1.63. The molecule has 0 saturated heterocycles. The monoisotopic (exact) mass is 405 g/mol. The highest BCUT2D eigenvalue weighted by molar-refractivity contribution is 7.15. The number of carbonyl (C=O) groups is 2. The average Bonchev–Trinajstić information content (AvgIpc) is 3.19. The number of imidazole rings is 1. The van der Waals surface area contributed by atoms with Crippen molar-refractivity contribution in [1.29, 1.82) is 0 Å². The van der Waals surface area contributed by atoms with Gasteiger partial charge in [-0.15, -0.1) is 11.3 Å². The molecule has 142 valence electrons. The lowest BCUT2D eigenvalue weighted by atomic mass is 9.97. The molecule has 8 heteroatoms. The molecular weight excluding hydrogens is 386 g/mol. The molecule has 27 heavy (non-hydrogen) atoms. The molecule has 0 spiro atoms. The third kappa shape index (κ3) is 4.67. The van der Waals surface area contributed by atoms with Crippen LogP contribution in [0.25, 0.3) is 4.96 Å². The molecule has 0 aliphatic heterocycles. The second-order valence-electron chi connectivity index (χ2n) is 6.54. The van der Waals surface area contributed by atoms with Gasteiger partial charge in [0.1, 0.15) is 0 Å². The topological polar surface area (TPSA) is 72.7 Å². The maximum atomic E-state index is 12.3. The summed E-state index contributed by atoms with van der Waals surface area (Å²) in [7, 11) is 0. The van der Waals surface area contributed by atoms with Crippen molar-refractivity contribution in [3.8, 4) is 0 Å². The Labute approximate surface area is 166 Å². The van der Waals surface area contributed by atoms with Crippen molar-refractivity contribution in [3.63, 3.8) is 0 Å². The zero-order valence-corrected chi connectivity index (χ0v) is 16.6. The molecule has 1 amide bonds. The number of halogens is 1. The molecule has 0 unspecified atom stereocenters. The van der Waals surface area contributed by atoms with Crippen molar-refractivity contribution >= 4 is 39.8 Å². The molecule has 0 saturated carbocycles. The van der Waals surface area contributed by atoms with Gasteiger partial charge < -0.3 is 10.1 Å². The summed E-state index contributed by atoms with van der Waals surface area (Å²) in [5, 5.41) is 4.80. The molecule has 0 fully saturated rings. The Bertz CT molecular complexity index is 936. The van der Waals surface area contributed by atoms with Crippen LogP contribution in [0.5, 0.6) is 0 Å². The van der Waals surface area contributed by atoms with E-state index in [2.05, 4.69) is 24.1 Å². The highest BCUT2D eigenvalue weighted by atomic mass is 35.5. The van der Waals surface area contributed by atoms with Crippen LogP contribution in [-0.2, 0) is 9.53 Å². The molecule has 1 N–H and O–H groups in total. The zero-order valence-electron chi connectivity index (χ0n) is 15.0. The van der Waals surface area contributed by atoms with Crippen LogP contribution < -0.4 is 5.32 Å². The van der Waals surface area contributed by atoms with Gasteiger partial charge in [-0.1, -0.05) is 55.8 Å². The van der Waals surface area contributed by atoms with E-state index < -0.39 is 5.97 Å². The van der Waals surface area contributed by atoms with Crippen molar-refractivity contribution in [2.75, 3.05) is 6.61 Å². The molecule has 0 radical (unpaired) electrons. The van der Waals surface area contributed by atoms with Gasteiger partial charge in [0.15, 0.2) is 22.4 Å². The summed E-state index contributed by atoms with van der Waals surface area (Å²) in [5.74, 6) is -0.642. The predicted molar refractivity (Wildman–Crippen MR) is 105 cm³/mol. The normalized spacial score (nSPS) is 12.3. The molecule has 1 atom stereocenters. The summed E-state index contributed by atoms with van der Waals surface area (Å²) >= 11 is 7.37. The van der Waals surface area contributed by atoms with Gasteiger partial charge >= 0.3 is 5.97 Å². The van der Waals surface area contributed by atoms with Crippen LogP contribution in [-0.4, -0.2) is 27.9 Å². The second kappa shape index (κ2) is 8.54. The Morgan fingerprint density at radius 3 is 2.74 bits per heavy atom. The molecule has 0 bridgehead atoms. The molecule has 2 heterocycles. The van der Waals surface area contributed by atoms with Crippen LogP contribution in [0.1, 0.15) is 42.4 Å². The fourth-order valence-electron chi connectivity index (χ4n) is 2.81. The molecule has 3 rings (SSSR count). The quantitative estimate of drug-likeness (QED) is 0.600. The Morgan fingerprint density at radius 1 is 1.30 bits per heavy atom. The number of rotatable bonds is 7. The van der Waals surface area contributed by atoms with E-state index in [-0.39, 0.29) is 29.4 Å². The lowest BCUT2D eigenvalue weighted by Gasteiger charge is -2.21. The van der Waals surface area contributed by atoms with Crippen molar-refractivity contribution in [1.82, 2.24) is 14.7 Å². The third-order valence-corrected chi connectivity index (χ3v) is 5.01. The lowest BCUT2D eigenvalue weighted by molar-refractivity contribution is -0.125. The van der Waals surface area contributed by atoms with Crippen molar-refractivity contribution in [3.05, 3.63) is 58.3 Å². The number of benzene rings is 1. The molecule has 0 aliphatic carbocycles. The van der Waals surface area contributed by atoms with Crippen LogP contribution >= 0.6 is 22.9 Å². The maximum absolute atomic E-state index is 12.3. The minimum absolute atomic E-state index is 0.0641. The summed E-state index contributed by atoms with van der Waals surface area (Å²) in [4.78, 5) is 29.4. The van der Waals surface area contributed by atoms with Crippen molar-refractivity contribution in [2.24, 2.45) is 5.92 Å². The van der Waals surface area contributed by atoms with Crippen LogP contribution in [0.3, 0.4) is 0 Å². The van der Waals surface area contributed by atoms with Gasteiger partial charge in [-0.25, -0.2) is 9.78 Å². The summed E-state index contributed by atoms with van der Waals surface area (Å²) in [6.07, 6.45) is 2.47. The van der Waals surface area contributed by atoms with Crippen LogP contribution in [0.15, 0.2) is 41.9 Å². The standard InChI is InChI=1S/C19H20ClN3O3S/c1-12(2)10-14(13-6-4-3-5-7-13)21-15(24)11-26-18(25)16-17(20)22-19-23(16)8-9-27-19/h3-9,12,14H,10-11H2,1-2H3,(H,21,24)/t14-/m1/s1. The van der Waals surface area contributed by atoms with Crippen LogP contribution in [0, 0.1) is 5.92 Å². The highest BCUT2D eigenvalue weighted by Crippen LogP contribution is 2.23. The van der Waals surface area contributed by atoms with E-state index in [9.17, 15) is 9.59 Å². The van der Waals surface area contributed by atoms with E-state index in [1.165, 1.54) is 11.3 Å². The smallest absolute Gasteiger partial charge is 0.359 e. The molecule has 3 aromatic rings. The first kappa shape index (κ1) is 19.4. The van der Waals surface area contributed by atoms with Gasteiger partial charge in [-0.2, -0.15) is 0 Å². The molecule has 0 aliphatic rings. The molecule has 6 nitrogen and oxygen atoms in total. The number of fused-ring (bicyclic) bond motifs is 1. The van der Waals surface area contributed by atoms with Gasteiger partial charge in [-0.3, -0.25) is 9.20 Å². The van der Waals surface area contributed by atoms with E-state index in [0.29, 0.717) is 10.9 Å². The number of ether oxygens (including phenoxy) is 1. The number of amides is 1. The molecular formula is C19H20ClN3O3S. The fraction of sp³-hybridized carbons (Fsp3) is 0.316. The van der Waals surface area contributed by atoms with Gasteiger partial charge in [0.25, 0.3) is 5.91 Å². The number of nitrogens with zero attached hydrogens (tertiary/aromatic N) is 2. The summed E-state index contributed by atoms with van der Waals surface area (Å²) < 4.78 is 6.71. The molecule has 1 aromatic carbocycles. The fourth-order valence-corrected chi connectivity index (χ4v) is 3.82. The van der Waals surface area contributed by atoms with Gasteiger partial charge in [0, 0.05) is 11.6 Å². The minimum Gasteiger partial charge on any atom is -0.451 e. The van der Waals surface area contributed by atoms with Gasteiger partial charge in [0.2, 0.25) is 0 Å². The first-order chi connectivity index (χ1) is 13.0. The SMILES string of the molecule is CC(C)C[C@@H](NC(=O)COC(=O)c1c(Cl)nc2sccn12)c1ccccc1. The van der Waals surface area contributed by atoms with E-state index in [1.807, 2.05) is 30.3 Å². The summed E-state index contributed by atoms with van der Waals surface area (Å²) in [6, 6.07) is 9.60. The number of esters is 1. The Hall–Kier alpha value is -2.38. The van der Waals surface area contributed by atoms with Crippen molar-refractivity contribution < 1.29 is 14.3 Å². The Morgan fingerprint density at radius 2 is 2.04 bits per heavy atom. The highest BCUT2D eigenvalue weighted by Gasteiger charge is 2.22. The molecule has 2 aromatic heterocycles.